The van der Waals surface area contributed by atoms with Crippen LogP contribution in [0.2, 0.25) is 0 Å². The highest BCUT2D eigenvalue weighted by atomic mass is 35.5. The van der Waals surface area contributed by atoms with Gasteiger partial charge in [0, 0.05) is 37.5 Å². The van der Waals surface area contributed by atoms with Gasteiger partial charge in [-0.15, -0.1) is 22.9 Å². The van der Waals surface area contributed by atoms with Gasteiger partial charge in [0.1, 0.15) is 0 Å². The molecule has 1 fully saturated rings. The van der Waals surface area contributed by atoms with Crippen molar-refractivity contribution in [2.75, 3.05) is 26.7 Å². The quantitative estimate of drug-likeness (QED) is 0.815. The fourth-order valence-corrected chi connectivity index (χ4v) is 2.89. The Hall–Kier alpha value is -0.160. The molecule has 1 unspecified atom stereocenters. The largest absolute Gasteiger partial charge is 0.314 e. The summed E-state index contributed by atoms with van der Waals surface area (Å²) in [6.45, 7) is 3.28. The van der Waals surface area contributed by atoms with Crippen molar-refractivity contribution in [3.05, 3.63) is 16.1 Å². The summed E-state index contributed by atoms with van der Waals surface area (Å²) in [4.78, 5) is 6.89. The number of thiazole rings is 1. The average Bonchev–Trinajstić information content (AvgIpc) is 2.69. The molecule has 0 amide bonds. The fourth-order valence-electron chi connectivity index (χ4n) is 1.80. The van der Waals surface area contributed by atoms with Crippen molar-refractivity contribution >= 4 is 22.9 Å². The first-order valence-electron chi connectivity index (χ1n) is 5.20. The number of nitrogens with one attached hydrogen (secondary N) is 1. The Morgan fingerprint density at radius 2 is 2.60 bits per heavy atom. The molecule has 15 heavy (non-hydrogen) atoms. The monoisotopic (exact) mass is 245 g/mol. The molecule has 1 atom stereocenters. The topological polar surface area (TPSA) is 28.2 Å². The molecule has 2 heterocycles. The highest BCUT2D eigenvalue weighted by Crippen LogP contribution is 2.15. The summed E-state index contributed by atoms with van der Waals surface area (Å²) in [6.07, 6.45) is 1.03. The first-order chi connectivity index (χ1) is 7.29. The lowest BCUT2D eigenvalue weighted by atomic mass is 10.1. The second-order valence-electron chi connectivity index (χ2n) is 3.91. The summed E-state index contributed by atoms with van der Waals surface area (Å²) in [6, 6.07) is 0.577. The van der Waals surface area contributed by atoms with Crippen LogP contribution >= 0.6 is 22.9 Å². The van der Waals surface area contributed by atoms with E-state index in [0.29, 0.717) is 11.9 Å². The van der Waals surface area contributed by atoms with Gasteiger partial charge >= 0.3 is 0 Å². The predicted octanol–water partition coefficient (Wildman–Crippen LogP) is 1.33. The Bertz CT molecular complexity index is 315. The van der Waals surface area contributed by atoms with Crippen molar-refractivity contribution in [2.24, 2.45) is 0 Å². The Labute approximate surface area is 99.5 Å². The number of nitrogens with zero attached hydrogens (tertiary/aromatic N) is 2. The smallest absolute Gasteiger partial charge is 0.0944 e. The van der Waals surface area contributed by atoms with Crippen LogP contribution < -0.4 is 5.32 Å². The molecular formula is C10H16ClN3S. The molecule has 1 aromatic heterocycles. The molecule has 0 saturated carbocycles. The van der Waals surface area contributed by atoms with Gasteiger partial charge in [0.05, 0.1) is 16.6 Å². The van der Waals surface area contributed by atoms with E-state index in [9.17, 15) is 0 Å². The number of halogens is 1. The van der Waals surface area contributed by atoms with E-state index in [0.717, 1.165) is 31.7 Å². The summed E-state index contributed by atoms with van der Waals surface area (Å²) in [7, 11) is 2.18. The fraction of sp³-hybridized carbons (Fsp3) is 0.700. The molecule has 1 aromatic rings. The van der Waals surface area contributed by atoms with Crippen molar-refractivity contribution in [1.29, 1.82) is 0 Å². The van der Waals surface area contributed by atoms with Gasteiger partial charge in [-0.05, 0) is 7.05 Å². The van der Waals surface area contributed by atoms with E-state index in [2.05, 4.69) is 27.6 Å². The molecule has 1 saturated heterocycles. The van der Waals surface area contributed by atoms with Gasteiger partial charge in [0.25, 0.3) is 0 Å². The van der Waals surface area contributed by atoms with E-state index in [1.807, 2.05) is 0 Å². The molecule has 0 aliphatic carbocycles. The van der Waals surface area contributed by atoms with E-state index in [-0.39, 0.29) is 0 Å². The molecule has 0 bridgehead atoms. The van der Waals surface area contributed by atoms with E-state index in [1.54, 1.807) is 11.3 Å². The first kappa shape index (κ1) is 11.3. The van der Waals surface area contributed by atoms with Crippen LogP contribution in [0.3, 0.4) is 0 Å². The molecule has 1 aliphatic heterocycles. The van der Waals surface area contributed by atoms with Crippen molar-refractivity contribution in [3.63, 3.8) is 0 Å². The maximum absolute atomic E-state index is 5.73. The second-order valence-corrected chi connectivity index (χ2v) is 5.12. The summed E-state index contributed by atoms with van der Waals surface area (Å²) in [5.74, 6) is 0.523. The highest BCUT2D eigenvalue weighted by molar-refractivity contribution is 7.09. The summed E-state index contributed by atoms with van der Waals surface area (Å²) >= 11 is 7.45. The number of rotatable bonds is 3. The van der Waals surface area contributed by atoms with Gasteiger partial charge in [-0.1, -0.05) is 0 Å². The number of alkyl halides is 1. The number of hydrogen-bond donors (Lipinski definition) is 1. The molecule has 1 aliphatic rings. The van der Waals surface area contributed by atoms with Gasteiger partial charge < -0.3 is 10.2 Å². The minimum absolute atomic E-state index is 0.523. The maximum Gasteiger partial charge on any atom is 0.0944 e. The average molecular weight is 246 g/mol. The van der Waals surface area contributed by atoms with E-state index < -0.39 is 0 Å². The Kier molecular flexibility index (Phi) is 3.97. The summed E-state index contributed by atoms with van der Waals surface area (Å²) < 4.78 is 0. The van der Waals surface area contributed by atoms with Crippen LogP contribution in [0.1, 0.15) is 10.7 Å². The highest BCUT2D eigenvalue weighted by Gasteiger charge is 2.19. The molecular weight excluding hydrogens is 230 g/mol. The van der Waals surface area contributed by atoms with Crippen LogP contribution in [0, 0.1) is 0 Å². The molecule has 0 aromatic carbocycles. The Balaban J connectivity index is 1.95. The van der Waals surface area contributed by atoms with Crippen molar-refractivity contribution < 1.29 is 0 Å². The summed E-state index contributed by atoms with van der Waals surface area (Å²) in [5, 5.41) is 6.67. The number of aromatic nitrogens is 1. The van der Waals surface area contributed by atoms with Crippen LogP contribution in [0.4, 0.5) is 0 Å². The predicted molar refractivity (Wildman–Crippen MR) is 64.7 cm³/mol. The van der Waals surface area contributed by atoms with Crippen LogP contribution in [0.5, 0.6) is 0 Å². The van der Waals surface area contributed by atoms with Crippen molar-refractivity contribution in [1.82, 2.24) is 15.2 Å². The van der Waals surface area contributed by atoms with Crippen LogP contribution in [-0.2, 0) is 12.3 Å². The third-order valence-corrected chi connectivity index (χ3v) is 3.98. The van der Waals surface area contributed by atoms with Gasteiger partial charge in [-0.25, -0.2) is 4.98 Å². The standard InChI is InChI=1S/C10H16ClN3S/c1-14-3-2-12-6-9(14)4-10-13-8(5-11)7-15-10/h7,9,12H,2-6H2,1H3. The van der Waals surface area contributed by atoms with E-state index in [4.69, 9.17) is 11.6 Å². The van der Waals surface area contributed by atoms with Gasteiger partial charge in [0.2, 0.25) is 0 Å². The zero-order chi connectivity index (χ0) is 10.7. The molecule has 2 rings (SSSR count). The zero-order valence-electron chi connectivity index (χ0n) is 8.87. The Morgan fingerprint density at radius 3 is 3.27 bits per heavy atom. The minimum atomic E-state index is 0.523. The molecule has 1 N–H and O–H groups in total. The lowest BCUT2D eigenvalue weighted by Crippen LogP contribution is -2.50. The first-order valence-corrected chi connectivity index (χ1v) is 6.61. The SMILES string of the molecule is CN1CCNCC1Cc1nc(CCl)cs1. The van der Waals surface area contributed by atoms with Gasteiger partial charge in [-0.2, -0.15) is 0 Å². The number of likely N-dealkylation sites (N-methyl/N-ethyl adjacent to an activating group) is 1. The number of piperazine rings is 1. The normalized spacial score (nSPS) is 23.2. The van der Waals surface area contributed by atoms with E-state index >= 15 is 0 Å². The third kappa shape index (κ3) is 2.91. The van der Waals surface area contributed by atoms with Gasteiger partial charge in [-0.3, -0.25) is 0 Å². The minimum Gasteiger partial charge on any atom is -0.314 e. The molecule has 5 heteroatoms. The lowest BCUT2D eigenvalue weighted by molar-refractivity contribution is 0.199. The maximum atomic E-state index is 5.73. The van der Waals surface area contributed by atoms with Gasteiger partial charge in [0.15, 0.2) is 0 Å². The molecule has 0 spiro atoms. The molecule has 84 valence electrons. The van der Waals surface area contributed by atoms with Crippen LogP contribution in [-0.4, -0.2) is 42.6 Å². The number of hydrogen-bond acceptors (Lipinski definition) is 4. The Morgan fingerprint density at radius 1 is 1.73 bits per heavy atom. The summed E-state index contributed by atoms with van der Waals surface area (Å²) in [5.41, 5.74) is 1.00. The molecule has 0 radical (unpaired) electrons. The van der Waals surface area contributed by atoms with Crippen molar-refractivity contribution in [3.8, 4) is 0 Å². The van der Waals surface area contributed by atoms with Crippen LogP contribution in [0.15, 0.2) is 5.38 Å². The van der Waals surface area contributed by atoms with E-state index in [1.165, 1.54) is 5.01 Å². The lowest BCUT2D eigenvalue weighted by Gasteiger charge is -2.32. The second kappa shape index (κ2) is 5.25. The zero-order valence-corrected chi connectivity index (χ0v) is 10.4. The van der Waals surface area contributed by atoms with Crippen molar-refractivity contribution in [2.45, 2.75) is 18.3 Å². The van der Waals surface area contributed by atoms with Crippen LogP contribution in [0.25, 0.3) is 0 Å². The third-order valence-electron chi connectivity index (χ3n) is 2.79. The molecule has 3 nitrogen and oxygen atoms in total.